The Hall–Kier alpha value is -2.22. The summed E-state index contributed by atoms with van der Waals surface area (Å²) in [5.74, 6) is 1.65. The molecule has 8 nitrogen and oxygen atoms in total. The second kappa shape index (κ2) is 7.77. The van der Waals surface area contributed by atoms with Gasteiger partial charge in [0, 0.05) is 32.6 Å². The zero-order chi connectivity index (χ0) is 17.8. The van der Waals surface area contributed by atoms with Crippen LogP contribution in [0.2, 0.25) is 0 Å². The van der Waals surface area contributed by atoms with Crippen molar-refractivity contribution in [2.45, 2.75) is 33.2 Å². The first-order chi connectivity index (χ1) is 12.1. The van der Waals surface area contributed by atoms with E-state index in [1.165, 1.54) is 6.33 Å². The topological polar surface area (TPSA) is 87.4 Å². The van der Waals surface area contributed by atoms with Gasteiger partial charge in [0.1, 0.15) is 12.1 Å². The largest absolute Gasteiger partial charge is 0.394 e. The Morgan fingerprint density at radius 1 is 1.24 bits per heavy atom. The molecule has 0 unspecified atom stereocenters. The van der Waals surface area contributed by atoms with Gasteiger partial charge in [-0.2, -0.15) is 5.10 Å². The number of anilines is 1. The van der Waals surface area contributed by atoms with E-state index in [1.54, 1.807) is 10.9 Å². The number of hydrogen-bond donors (Lipinski definition) is 1. The zero-order valence-corrected chi connectivity index (χ0v) is 14.9. The van der Waals surface area contributed by atoms with Gasteiger partial charge in [0.05, 0.1) is 24.7 Å². The number of amides is 1. The van der Waals surface area contributed by atoms with Gasteiger partial charge in [0.25, 0.3) is 0 Å². The highest BCUT2D eigenvalue weighted by Gasteiger charge is 2.23. The van der Waals surface area contributed by atoms with Crippen LogP contribution in [0, 0.1) is 5.92 Å². The normalized spacial score (nSPS) is 15.4. The van der Waals surface area contributed by atoms with Crippen LogP contribution in [-0.4, -0.2) is 68.4 Å². The molecule has 3 heterocycles. The molecule has 8 heteroatoms. The van der Waals surface area contributed by atoms with Crippen molar-refractivity contribution in [2.75, 3.05) is 37.7 Å². The summed E-state index contributed by atoms with van der Waals surface area (Å²) in [7, 11) is 0. The van der Waals surface area contributed by atoms with Crippen LogP contribution < -0.4 is 4.90 Å². The summed E-state index contributed by atoms with van der Waals surface area (Å²) >= 11 is 0. The van der Waals surface area contributed by atoms with Crippen molar-refractivity contribution in [1.29, 1.82) is 0 Å². The number of carbonyl (C=O) groups is 1. The summed E-state index contributed by atoms with van der Waals surface area (Å²) in [6, 6.07) is 0. The highest BCUT2D eigenvalue weighted by molar-refractivity contribution is 5.87. The summed E-state index contributed by atoms with van der Waals surface area (Å²) in [5, 5.41) is 14.3. The maximum atomic E-state index is 12.3. The molecule has 0 radical (unpaired) electrons. The minimum Gasteiger partial charge on any atom is -0.394 e. The van der Waals surface area contributed by atoms with Gasteiger partial charge in [-0.05, 0) is 12.3 Å². The Bertz CT molecular complexity index is 721. The van der Waals surface area contributed by atoms with Crippen LogP contribution >= 0.6 is 0 Å². The summed E-state index contributed by atoms with van der Waals surface area (Å²) in [6.07, 6.45) is 4.85. The molecule has 0 bridgehead atoms. The molecule has 2 aromatic heterocycles. The first-order valence-corrected chi connectivity index (χ1v) is 8.90. The van der Waals surface area contributed by atoms with Gasteiger partial charge < -0.3 is 14.9 Å². The van der Waals surface area contributed by atoms with Gasteiger partial charge in [0.2, 0.25) is 5.91 Å². The third-order valence-corrected chi connectivity index (χ3v) is 4.59. The fraction of sp³-hybridized carbons (Fsp3) is 0.647. The molecule has 1 aliphatic rings. The van der Waals surface area contributed by atoms with Gasteiger partial charge in [-0.15, -0.1) is 0 Å². The molecule has 3 rings (SSSR count). The van der Waals surface area contributed by atoms with Crippen molar-refractivity contribution in [2.24, 2.45) is 5.92 Å². The van der Waals surface area contributed by atoms with Crippen molar-refractivity contribution < 1.29 is 9.90 Å². The second-order valence-corrected chi connectivity index (χ2v) is 6.83. The van der Waals surface area contributed by atoms with E-state index in [0.29, 0.717) is 32.0 Å². The Morgan fingerprint density at radius 3 is 2.68 bits per heavy atom. The fourth-order valence-electron chi connectivity index (χ4n) is 3.13. The lowest BCUT2D eigenvalue weighted by Gasteiger charge is -2.35. The average Bonchev–Trinajstić information content (AvgIpc) is 3.03. The van der Waals surface area contributed by atoms with Crippen LogP contribution in [0.15, 0.2) is 12.5 Å². The predicted molar refractivity (Wildman–Crippen MR) is 95.3 cm³/mol. The van der Waals surface area contributed by atoms with Crippen molar-refractivity contribution in [1.82, 2.24) is 24.6 Å². The first-order valence-electron chi connectivity index (χ1n) is 8.90. The Morgan fingerprint density at radius 2 is 2.00 bits per heavy atom. The van der Waals surface area contributed by atoms with E-state index in [4.69, 9.17) is 5.11 Å². The monoisotopic (exact) mass is 346 g/mol. The lowest BCUT2D eigenvalue weighted by molar-refractivity contribution is -0.131. The number of aliphatic hydroxyl groups excluding tert-OH is 1. The van der Waals surface area contributed by atoms with Crippen LogP contribution in [0.25, 0.3) is 11.0 Å². The number of aliphatic hydroxyl groups is 1. The Kier molecular flexibility index (Phi) is 5.47. The Labute approximate surface area is 147 Å². The van der Waals surface area contributed by atoms with Crippen LogP contribution in [0.3, 0.4) is 0 Å². The van der Waals surface area contributed by atoms with E-state index in [9.17, 15) is 4.79 Å². The van der Waals surface area contributed by atoms with E-state index in [0.717, 1.165) is 36.4 Å². The predicted octanol–water partition coefficient (Wildman–Crippen LogP) is 0.903. The maximum Gasteiger partial charge on any atom is 0.222 e. The second-order valence-electron chi connectivity index (χ2n) is 6.83. The van der Waals surface area contributed by atoms with E-state index in [-0.39, 0.29) is 12.5 Å². The summed E-state index contributed by atoms with van der Waals surface area (Å²) < 4.78 is 1.69. The molecule has 136 valence electrons. The molecule has 0 aromatic carbocycles. The van der Waals surface area contributed by atoms with Gasteiger partial charge in [-0.1, -0.05) is 13.8 Å². The molecule has 2 aromatic rings. The number of fused-ring (bicyclic) bond motifs is 1. The van der Waals surface area contributed by atoms with Crippen molar-refractivity contribution in [3.63, 3.8) is 0 Å². The third kappa shape index (κ3) is 3.89. The van der Waals surface area contributed by atoms with Crippen molar-refractivity contribution >= 4 is 22.8 Å². The van der Waals surface area contributed by atoms with Crippen LogP contribution in [0.5, 0.6) is 0 Å². The van der Waals surface area contributed by atoms with Gasteiger partial charge in [-0.25, -0.2) is 14.6 Å². The lowest BCUT2D eigenvalue weighted by Crippen LogP contribution is -2.49. The summed E-state index contributed by atoms with van der Waals surface area (Å²) in [5.41, 5.74) is 0.731. The quantitative estimate of drug-likeness (QED) is 0.836. The average molecular weight is 346 g/mol. The molecule has 1 amide bonds. The molecule has 0 aliphatic carbocycles. The third-order valence-electron chi connectivity index (χ3n) is 4.59. The van der Waals surface area contributed by atoms with Crippen LogP contribution in [-0.2, 0) is 11.3 Å². The molecule has 0 atom stereocenters. The van der Waals surface area contributed by atoms with Gasteiger partial charge in [0.15, 0.2) is 5.65 Å². The fourth-order valence-corrected chi connectivity index (χ4v) is 3.13. The highest BCUT2D eigenvalue weighted by atomic mass is 16.3. The van der Waals surface area contributed by atoms with Gasteiger partial charge in [-0.3, -0.25) is 4.79 Å². The van der Waals surface area contributed by atoms with E-state index >= 15 is 0 Å². The number of piperazine rings is 1. The number of rotatable bonds is 6. The van der Waals surface area contributed by atoms with Crippen LogP contribution in [0.4, 0.5) is 5.82 Å². The molecule has 0 saturated carbocycles. The highest BCUT2D eigenvalue weighted by Crippen LogP contribution is 2.23. The molecule has 1 saturated heterocycles. The minimum atomic E-state index is 0.0211. The van der Waals surface area contributed by atoms with Crippen LogP contribution in [0.1, 0.15) is 26.7 Å². The van der Waals surface area contributed by atoms with Crippen molar-refractivity contribution in [3.05, 3.63) is 12.5 Å². The molecular weight excluding hydrogens is 320 g/mol. The number of carbonyl (C=O) groups excluding carboxylic acids is 1. The van der Waals surface area contributed by atoms with Gasteiger partial charge >= 0.3 is 0 Å². The molecule has 0 spiro atoms. The minimum absolute atomic E-state index is 0.0211. The number of hydrogen-bond acceptors (Lipinski definition) is 6. The first kappa shape index (κ1) is 17.6. The van der Waals surface area contributed by atoms with E-state index < -0.39 is 0 Å². The molecule has 1 N–H and O–H groups in total. The van der Waals surface area contributed by atoms with E-state index in [2.05, 4.69) is 33.8 Å². The summed E-state index contributed by atoms with van der Waals surface area (Å²) in [6.45, 7) is 7.66. The summed E-state index contributed by atoms with van der Waals surface area (Å²) in [4.78, 5) is 25.1. The van der Waals surface area contributed by atoms with E-state index in [1.807, 2.05) is 4.90 Å². The zero-order valence-electron chi connectivity index (χ0n) is 14.9. The molecule has 25 heavy (non-hydrogen) atoms. The lowest BCUT2D eigenvalue weighted by atomic mass is 10.1. The standard InChI is InChI=1S/C17H26N6O2/c1-13(2)3-4-15(25)21-5-7-22(8-6-21)16-14-11-20-23(9-10-24)17(14)19-12-18-16/h11-13,24H,3-10H2,1-2H3. The molecule has 1 aliphatic heterocycles. The smallest absolute Gasteiger partial charge is 0.222 e. The number of nitrogens with zero attached hydrogens (tertiary/aromatic N) is 6. The molecular formula is C17H26N6O2. The molecule has 1 fully saturated rings. The van der Waals surface area contributed by atoms with Crippen molar-refractivity contribution in [3.8, 4) is 0 Å². The SMILES string of the molecule is CC(C)CCC(=O)N1CCN(c2ncnc3c2cnn3CCO)CC1. The number of aromatic nitrogens is 4. The maximum absolute atomic E-state index is 12.3. The Balaban J connectivity index is 1.67.